The van der Waals surface area contributed by atoms with Crippen molar-refractivity contribution in [3.63, 3.8) is 0 Å². The van der Waals surface area contributed by atoms with Crippen LogP contribution in [0.25, 0.3) is 10.6 Å². The van der Waals surface area contributed by atoms with E-state index in [9.17, 15) is 13.2 Å². The Morgan fingerprint density at radius 1 is 1.07 bits per heavy atom. The SMILES string of the molecule is NC(CO)c1nnc(-c2ccc(OCCCCc3ccccc3)c(C(F)(F)F)c2)s1. The van der Waals surface area contributed by atoms with Crippen LogP contribution in [0.4, 0.5) is 13.2 Å². The molecule has 0 aliphatic heterocycles. The van der Waals surface area contributed by atoms with Gasteiger partial charge in [-0.15, -0.1) is 10.2 Å². The highest BCUT2D eigenvalue weighted by Gasteiger charge is 2.35. The summed E-state index contributed by atoms with van der Waals surface area (Å²) in [6, 6.07) is 13.0. The summed E-state index contributed by atoms with van der Waals surface area (Å²) in [7, 11) is 0. The summed E-state index contributed by atoms with van der Waals surface area (Å²) < 4.78 is 46.1. The van der Waals surface area contributed by atoms with Crippen LogP contribution in [0.2, 0.25) is 0 Å². The molecule has 1 atom stereocenters. The van der Waals surface area contributed by atoms with E-state index in [1.165, 1.54) is 17.7 Å². The Labute approximate surface area is 176 Å². The molecule has 3 aromatic rings. The van der Waals surface area contributed by atoms with Crippen molar-refractivity contribution in [2.45, 2.75) is 31.5 Å². The van der Waals surface area contributed by atoms with Crippen LogP contribution in [-0.2, 0) is 12.6 Å². The Morgan fingerprint density at radius 3 is 2.53 bits per heavy atom. The van der Waals surface area contributed by atoms with Crippen molar-refractivity contribution in [3.8, 4) is 16.3 Å². The first-order chi connectivity index (χ1) is 14.4. The predicted octanol–water partition coefficient (Wildman–Crippen LogP) is 4.62. The number of hydrogen-bond acceptors (Lipinski definition) is 6. The van der Waals surface area contributed by atoms with Gasteiger partial charge in [-0.2, -0.15) is 13.2 Å². The molecule has 30 heavy (non-hydrogen) atoms. The molecule has 3 rings (SSSR count). The van der Waals surface area contributed by atoms with Gasteiger partial charge in [-0.3, -0.25) is 0 Å². The predicted molar refractivity (Wildman–Crippen MR) is 109 cm³/mol. The molecule has 5 nitrogen and oxygen atoms in total. The summed E-state index contributed by atoms with van der Waals surface area (Å²) in [4.78, 5) is 0. The summed E-state index contributed by atoms with van der Waals surface area (Å²) in [5.41, 5.74) is 6.29. The number of aliphatic hydroxyl groups is 1. The van der Waals surface area contributed by atoms with Gasteiger partial charge in [-0.05, 0) is 43.0 Å². The Kier molecular flexibility index (Phi) is 7.41. The second-order valence-corrected chi connectivity index (χ2v) is 7.74. The first-order valence-electron chi connectivity index (χ1n) is 9.46. The van der Waals surface area contributed by atoms with Gasteiger partial charge in [0.25, 0.3) is 0 Å². The summed E-state index contributed by atoms with van der Waals surface area (Å²) in [6.45, 7) is -0.122. The van der Waals surface area contributed by atoms with Crippen molar-refractivity contribution in [3.05, 3.63) is 64.7 Å². The standard InChI is InChI=1S/C21H22F3N3O2S/c22-21(23,24)16-12-15(19-26-27-20(30-19)17(25)13-28)9-10-18(16)29-11-5-4-8-14-6-2-1-3-7-14/h1-3,6-7,9-10,12,17,28H,4-5,8,11,13,25H2. The van der Waals surface area contributed by atoms with Crippen LogP contribution in [0.15, 0.2) is 48.5 Å². The van der Waals surface area contributed by atoms with Crippen LogP contribution >= 0.6 is 11.3 Å². The van der Waals surface area contributed by atoms with Crippen molar-refractivity contribution in [1.82, 2.24) is 10.2 Å². The maximum absolute atomic E-state index is 13.6. The molecule has 0 bridgehead atoms. The highest BCUT2D eigenvalue weighted by Crippen LogP contribution is 2.39. The number of aliphatic hydroxyl groups excluding tert-OH is 1. The molecular weight excluding hydrogens is 415 g/mol. The van der Waals surface area contributed by atoms with Gasteiger partial charge in [-0.1, -0.05) is 41.7 Å². The molecule has 160 valence electrons. The highest BCUT2D eigenvalue weighted by molar-refractivity contribution is 7.14. The fraction of sp³-hybridized carbons (Fsp3) is 0.333. The van der Waals surface area contributed by atoms with Crippen LogP contribution < -0.4 is 10.5 Å². The van der Waals surface area contributed by atoms with E-state index in [0.717, 1.165) is 30.2 Å². The summed E-state index contributed by atoms with van der Waals surface area (Å²) in [5.74, 6) is -0.206. The lowest BCUT2D eigenvalue weighted by Crippen LogP contribution is -2.13. The second-order valence-electron chi connectivity index (χ2n) is 6.73. The Morgan fingerprint density at radius 2 is 1.83 bits per heavy atom. The van der Waals surface area contributed by atoms with Crippen LogP contribution in [0, 0.1) is 0 Å². The van der Waals surface area contributed by atoms with Gasteiger partial charge in [0.15, 0.2) is 0 Å². The van der Waals surface area contributed by atoms with Gasteiger partial charge in [0.1, 0.15) is 15.8 Å². The topological polar surface area (TPSA) is 81.3 Å². The normalized spacial score (nSPS) is 12.7. The first kappa shape index (κ1) is 22.2. The van der Waals surface area contributed by atoms with Gasteiger partial charge in [0.05, 0.1) is 24.8 Å². The highest BCUT2D eigenvalue weighted by atomic mass is 32.1. The van der Waals surface area contributed by atoms with Crippen molar-refractivity contribution in [2.75, 3.05) is 13.2 Å². The maximum atomic E-state index is 13.6. The maximum Gasteiger partial charge on any atom is 0.419 e. The molecule has 0 aliphatic carbocycles. The van der Waals surface area contributed by atoms with E-state index in [1.807, 2.05) is 30.3 Å². The molecule has 0 saturated carbocycles. The molecule has 1 aromatic heterocycles. The number of hydrogen-bond donors (Lipinski definition) is 2. The first-order valence-corrected chi connectivity index (χ1v) is 10.3. The third-order valence-corrected chi connectivity index (χ3v) is 5.55. The third kappa shape index (κ3) is 5.78. The average molecular weight is 437 g/mol. The Hall–Kier alpha value is -2.49. The molecule has 1 heterocycles. The molecule has 9 heteroatoms. The molecule has 2 aromatic carbocycles. The Bertz CT molecular complexity index is 948. The number of alkyl halides is 3. The van der Waals surface area contributed by atoms with E-state index in [-0.39, 0.29) is 24.5 Å². The lowest BCUT2D eigenvalue weighted by molar-refractivity contribution is -0.138. The molecule has 0 amide bonds. The lowest BCUT2D eigenvalue weighted by atomic mass is 10.1. The number of aryl methyl sites for hydroxylation is 1. The summed E-state index contributed by atoms with van der Waals surface area (Å²) >= 11 is 1.05. The Balaban J connectivity index is 1.66. The van der Waals surface area contributed by atoms with Gasteiger partial charge < -0.3 is 15.6 Å². The molecule has 3 N–H and O–H groups in total. The van der Waals surface area contributed by atoms with Crippen molar-refractivity contribution in [2.24, 2.45) is 5.73 Å². The number of benzene rings is 2. The minimum absolute atomic E-state index is 0.198. The largest absolute Gasteiger partial charge is 0.493 e. The number of halogens is 3. The van der Waals surface area contributed by atoms with Gasteiger partial charge in [0.2, 0.25) is 0 Å². The van der Waals surface area contributed by atoms with E-state index in [0.29, 0.717) is 16.4 Å². The number of ether oxygens (including phenoxy) is 1. The molecule has 0 radical (unpaired) electrons. The van der Waals surface area contributed by atoms with Gasteiger partial charge in [0, 0.05) is 5.56 Å². The minimum atomic E-state index is -4.57. The molecule has 0 aliphatic rings. The molecule has 1 unspecified atom stereocenters. The zero-order valence-electron chi connectivity index (χ0n) is 16.1. The number of aromatic nitrogens is 2. The van der Waals surface area contributed by atoms with Crippen molar-refractivity contribution in [1.29, 1.82) is 0 Å². The fourth-order valence-electron chi connectivity index (χ4n) is 2.85. The number of nitrogens with two attached hydrogens (primary N) is 1. The van der Waals surface area contributed by atoms with E-state index in [1.54, 1.807) is 0 Å². The summed E-state index contributed by atoms with van der Waals surface area (Å²) in [6.07, 6.45) is -2.25. The lowest BCUT2D eigenvalue weighted by Gasteiger charge is -2.15. The minimum Gasteiger partial charge on any atom is -0.493 e. The zero-order chi connectivity index (χ0) is 21.6. The fourth-order valence-corrected chi connectivity index (χ4v) is 3.68. The van der Waals surface area contributed by atoms with Gasteiger partial charge >= 0.3 is 6.18 Å². The smallest absolute Gasteiger partial charge is 0.419 e. The molecular formula is C21H22F3N3O2S. The monoisotopic (exact) mass is 437 g/mol. The van der Waals surface area contributed by atoms with Gasteiger partial charge in [-0.25, -0.2) is 0 Å². The average Bonchev–Trinajstić information content (AvgIpc) is 3.23. The van der Waals surface area contributed by atoms with Crippen molar-refractivity contribution < 1.29 is 23.0 Å². The van der Waals surface area contributed by atoms with E-state index in [2.05, 4.69) is 10.2 Å². The number of nitrogens with zero attached hydrogens (tertiary/aromatic N) is 2. The van der Waals surface area contributed by atoms with E-state index < -0.39 is 17.8 Å². The van der Waals surface area contributed by atoms with E-state index in [4.69, 9.17) is 15.6 Å². The molecule has 0 spiro atoms. The van der Waals surface area contributed by atoms with Crippen LogP contribution in [0.3, 0.4) is 0 Å². The number of rotatable bonds is 9. The third-order valence-electron chi connectivity index (χ3n) is 4.45. The second kappa shape index (κ2) is 10.0. The van der Waals surface area contributed by atoms with E-state index >= 15 is 0 Å². The quantitative estimate of drug-likeness (QED) is 0.478. The number of unbranched alkanes of at least 4 members (excludes halogenated alkanes) is 1. The zero-order valence-corrected chi connectivity index (χ0v) is 16.9. The van der Waals surface area contributed by atoms with Crippen LogP contribution in [-0.4, -0.2) is 28.5 Å². The van der Waals surface area contributed by atoms with Crippen molar-refractivity contribution >= 4 is 11.3 Å². The molecule has 0 fully saturated rings. The molecule has 0 saturated heterocycles. The van der Waals surface area contributed by atoms with Crippen LogP contribution in [0.1, 0.15) is 35.0 Å². The summed E-state index contributed by atoms with van der Waals surface area (Å²) in [5, 5.41) is 17.5. The van der Waals surface area contributed by atoms with Crippen LogP contribution in [0.5, 0.6) is 5.75 Å².